The van der Waals surface area contributed by atoms with E-state index in [1.54, 1.807) is 0 Å². The minimum absolute atomic E-state index is 0.402. The van der Waals surface area contributed by atoms with Gasteiger partial charge in [0, 0.05) is 17.5 Å². The second-order valence-corrected chi connectivity index (χ2v) is 9.17. The number of alkyl halides is 5. The molecule has 1 N–H and O–H groups in total. The van der Waals surface area contributed by atoms with Crippen LogP contribution in [0.2, 0.25) is 0 Å². The minimum Gasteiger partial charge on any atom is -0.491 e. The number of sulfone groups is 1. The van der Waals surface area contributed by atoms with E-state index in [-0.39, 0.29) is 0 Å². The maximum Gasteiger partial charge on any atom is 0.501 e. The van der Waals surface area contributed by atoms with E-state index in [0.717, 1.165) is 12.3 Å². The van der Waals surface area contributed by atoms with Gasteiger partial charge in [-0.05, 0) is 12.1 Å². The third-order valence-corrected chi connectivity index (χ3v) is 5.73. The van der Waals surface area contributed by atoms with Gasteiger partial charge in [0.2, 0.25) is 0 Å². The highest BCUT2D eigenvalue weighted by atomic mass is 32.2. The fraction of sp³-hybridized carbons (Fsp3) is 0.538. The molecule has 2 rings (SSSR count). The molecule has 1 aromatic carbocycles. The zero-order chi connectivity index (χ0) is 20.8. The van der Waals surface area contributed by atoms with Gasteiger partial charge in [-0.3, -0.25) is 4.18 Å². The molecule has 27 heavy (non-hydrogen) atoms. The molecule has 1 aliphatic rings. The van der Waals surface area contributed by atoms with E-state index in [1.807, 2.05) is 0 Å². The fourth-order valence-electron chi connectivity index (χ4n) is 2.48. The van der Waals surface area contributed by atoms with Gasteiger partial charge >= 0.3 is 5.51 Å². The number of aliphatic hydroxyl groups is 1. The summed E-state index contributed by atoms with van der Waals surface area (Å²) < 4.78 is 120. The zero-order valence-corrected chi connectivity index (χ0v) is 15.1. The van der Waals surface area contributed by atoms with Gasteiger partial charge in [-0.15, -0.1) is 0 Å². The van der Waals surface area contributed by atoms with Crippen LogP contribution >= 0.6 is 0 Å². The number of benzene rings is 1. The first kappa shape index (κ1) is 21.8. The van der Waals surface area contributed by atoms with Gasteiger partial charge in [-0.25, -0.2) is 17.2 Å². The Bertz CT molecular complexity index is 939. The Morgan fingerprint density at radius 2 is 1.78 bits per heavy atom. The largest absolute Gasteiger partial charge is 0.501 e. The number of hydrogen-bond donors (Lipinski definition) is 1. The van der Waals surface area contributed by atoms with Crippen molar-refractivity contribution in [3.63, 3.8) is 0 Å². The first-order chi connectivity index (χ1) is 12.1. The lowest BCUT2D eigenvalue weighted by Crippen LogP contribution is -2.26. The maximum atomic E-state index is 13.8. The molecule has 1 unspecified atom stereocenters. The molecule has 0 amide bonds. The Morgan fingerprint density at radius 3 is 2.30 bits per heavy atom. The van der Waals surface area contributed by atoms with Crippen LogP contribution < -0.4 is 4.74 Å². The number of ether oxygens (including phenoxy) is 1. The van der Waals surface area contributed by atoms with Gasteiger partial charge in [-0.2, -0.15) is 21.6 Å². The molecule has 0 heterocycles. The highest BCUT2D eigenvalue weighted by Crippen LogP contribution is 2.50. The Balaban J connectivity index is 2.45. The highest BCUT2D eigenvalue weighted by molar-refractivity contribution is 7.92. The van der Waals surface area contributed by atoms with Gasteiger partial charge in [0.1, 0.15) is 25.1 Å². The van der Waals surface area contributed by atoms with Crippen LogP contribution in [0, 0.1) is 0 Å². The molecule has 7 nitrogen and oxygen atoms in total. The summed E-state index contributed by atoms with van der Waals surface area (Å²) in [6.45, 7) is -0.998. The van der Waals surface area contributed by atoms with Crippen LogP contribution in [0.25, 0.3) is 0 Å². The molecule has 1 aliphatic carbocycles. The Labute approximate surface area is 150 Å². The molecule has 1 aromatic rings. The summed E-state index contributed by atoms with van der Waals surface area (Å²) >= 11 is 0. The van der Waals surface area contributed by atoms with E-state index >= 15 is 0 Å². The molecule has 0 aliphatic heterocycles. The molecular formula is C13H13F5O7S2. The SMILES string of the molecule is CS(=O)(=O)OCCOc1ccc(S(=O)(=O)C(F)(F)F)c2c1CC(F)(F)C2O. The predicted molar refractivity (Wildman–Crippen MR) is 79.6 cm³/mol. The highest BCUT2D eigenvalue weighted by Gasteiger charge is 2.55. The van der Waals surface area contributed by atoms with Crippen molar-refractivity contribution in [1.82, 2.24) is 0 Å². The van der Waals surface area contributed by atoms with E-state index in [4.69, 9.17) is 4.74 Å². The number of aliphatic hydroxyl groups excluding tert-OH is 1. The quantitative estimate of drug-likeness (QED) is 0.406. The van der Waals surface area contributed by atoms with Crippen molar-refractivity contribution >= 4 is 20.0 Å². The average molecular weight is 440 g/mol. The van der Waals surface area contributed by atoms with E-state index in [0.29, 0.717) is 6.07 Å². The molecule has 1 atom stereocenters. The van der Waals surface area contributed by atoms with Crippen LogP contribution in [0.4, 0.5) is 22.0 Å². The van der Waals surface area contributed by atoms with Gasteiger partial charge in [0.05, 0.1) is 11.2 Å². The second kappa shape index (κ2) is 6.83. The van der Waals surface area contributed by atoms with Crippen molar-refractivity contribution < 1.29 is 52.8 Å². The zero-order valence-electron chi connectivity index (χ0n) is 13.5. The second-order valence-electron chi connectivity index (χ2n) is 5.62. The topological polar surface area (TPSA) is 107 Å². The Morgan fingerprint density at radius 1 is 1.19 bits per heavy atom. The Hall–Kier alpha value is -1.51. The van der Waals surface area contributed by atoms with E-state index in [9.17, 15) is 43.9 Å². The molecule has 0 radical (unpaired) electrons. The van der Waals surface area contributed by atoms with E-state index in [1.165, 1.54) is 0 Å². The van der Waals surface area contributed by atoms with Crippen molar-refractivity contribution in [3.8, 4) is 5.75 Å². The molecule has 0 aromatic heterocycles. The third kappa shape index (κ3) is 4.33. The first-order valence-electron chi connectivity index (χ1n) is 7.08. The van der Waals surface area contributed by atoms with Crippen molar-refractivity contribution in [2.24, 2.45) is 0 Å². The standard InChI is InChI=1S/C13H13F5O7S2/c1-26(20,21)25-5-4-24-8-2-3-9(27(22,23)13(16,17)18)10-7(8)6-12(14,15)11(10)19/h2-3,11,19H,4-6H2,1H3. The molecular weight excluding hydrogens is 427 g/mol. The fourth-order valence-corrected chi connectivity index (χ4v) is 3.87. The van der Waals surface area contributed by atoms with Crippen LogP contribution in [0.1, 0.15) is 17.2 Å². The van der Waals surface area contributed by atoms with Crippen molar-refractivity contribution in [1.29, 1.82) is 0 Å². The number of hydrogen-bond acceptors (Lipinski definition) is 7. The molecule has 0 saturated carbocycles. The summed E-state index contributed by atoms with van der Waals surface area (Å²) in [6.07, 6.45) is -3.29. The summed E-state index contributed by atoms with van der Waals surface area (Å²) in [6, 6.07) is 1.13. The summed E-state index contributed by atoms with van der Waals surface area (Å²) in [5.41, 5.74) is -7.47. The van der Waals surface area contributed by atoms with Crippen molar-refractivity contribution in [2.45, 2.75) is 28.9 Å². The maximum absolute atomic E-state index is 13.8. The normalized spacial score (nSPS) is 19.7. The number of fused-ring (bicyclic) bond motifs is 1. The number of rotatable bonds is 6. The summed E-state index contributed by atoms with van der Waals surface area (Å²) in [5, 5.41) is 9.68. The van der Waals surface area contributed by atoms with Gasteiger partial charge < -0.3 is 9.84 Å². The molecule has 0 saturated heterocycles. The van der Waals surface area contributed by atoms with Crippen LogP contribution in [0.5, 0.6) is 5.75 Å². The van der Waals surface area contributed by atoms with Gasteiger partial charge in [-0.1, -0.05) is 0 Å². The molecule has 154 valence electrons. The van der Waals surface area contributed by atoms with Crippen LogP contribution in [-0.4, -0.2) is 52.8 Å². The van der Waals surface area contributed by atoms with Crippen molar-refractivity contribution in [2.75, 3.05) is 19.5 Å². The third-order valence-electron chi connectivity index (χ3n) is 3.59. The average Bonchev–Trinajstić information content (AvgIpc) is 2.72. The lowest BCUT2D eigenvalue weighted by Gasteiger charge is -2.17. The molecule has 0 fully saturated rings. The van der Waals surface area contributed by atoms with Crippen LogP contribution in [-0.2, 0) is 30.6 Å². The van der Waals surface area contributed by atoms with E-state index < -0.39 is 78.9 Å². The lowest BCUT2D eigenvalue weighted by atomic mass is 10.1. The van der Waals surface area contributed by atoms with Crippen molar-refractivity contribution in [3.05, 3.63) is 23.3 Å². The first-order valence-corrected chi connectivity index (χ1v) is 10.4. The van der Waals surface area contributed by atoms with Crippen LogP contribution in [0.3, 0.4) is 0 Å². The minimum atomic E-state index is -6.00. The van der Waals surface area contributed by atoms with Crippen LogP contribution in [0.15, 0.2) is 17.0 Å². The summed E-state index contributed by atoms with van der Waals surface area (Å²) in [4.78, 5) is -1.49. The van der Waals surface area contributed by atoms with Gasteiger partial charge in [0.25, 0.3) is 25.9 Å². The van der Waals surface area contributed by atoms with E-state index in [2.05, 4.69) is 4.18 Å². The molecule has 0 bridgehead atoms. The summed E-state index contributed by atoms with van der Waals surface area (Å²) in [7, 11) is -9.80. The predicted octanol–water partition coefficient (Wildman–Crippen LogP) is 1.56. The number of halogens is 5. The lowest BCUT2D eigenvalue weighted by molar-refractivity contribution is -0.0978. The molecule has 0 spiro atoms. The Kier molecular flexibility index (Phi) is 5.51. The summed E-state index contributed by atoms with van der Waals surface area (Å²) in [5.74, 6) is -4.33. The molecule has 14 heteroatoms. The smallest absolute Gasteiger partial charge is 0.491 e. The van der Waals surface area contributed by atoms with Gasteiger partial charge in [0.15, 0.2) is 0 Å². The monoisotopic (exact) mass is 440 g/mol.